The molecule has 2 aromatic heterocycles. The number of rotatable bonds is 11. The standard InChI is InChI=1S/C46H49Cl2IN8O8/c1-62-45(60)52-37(29-5-3-19-64-22-29)43(58)56-31-16-15-28(31)21-33(56)42-51-36(40(48)55-42)27-13-9-25(10-14-27)24-7-11-26(12-8-24)35-39(47)54-41(50-35)32-17-18-34(49)57(32)44(59)38(53-46(61)63-2)30-6-4-20-65-23-30/h7-14,28-34,37-38H,3-6,17-23H2,1-2H3,(H,50,54)(H,51,55)(H,52,60)(H,53,61)/t28-,29+,30+,31-,32+,33+,34+,37-,38-/m1/s1. The van der Waals surface area contributed by atoms with Gasteiger partial charge >= 0.3 is 12.2 Å². The third-order valence-corrected chi connectivity index (χ3v) is 14.9. The van der Waals surface area contributed by atoms with Crippen molar-refractivity contribution in [3.05, 3.63) is 70.5 Å². The highest BCUT2D eigenvalue weighted by Crippen LogP contribution is 2.45. The molecule has 342 valence electrons. The van der Waals surface area contributed by atoms with Crippen molar-refractivity contribution < 1.29 is 38.1 Å². The normalized spacial score (nSPS) is 25.6. The molecule has 2 aromatic carbocycles. The van der Waals surface area contributed by atoms with E-state index in [2.05, 4.69) is 55.0 Å². The summed E-state index contributed by atoms with van der Waals surface area (Å²) in [6.45, 7) is 1.98. The number of aromatic nitrogens is 4. The van der Waals surface area contributed by atoms with E-state index in [1.807, 2.05) is 48.5 Å². The average molecular weight is 1040 g/mol. The van der Waals surface area contributed by atoms with E-state index in [9.17, 15) is 19.2 Å². The Morgan fingerprint density at radius 3 is 1.63 bits per heavy atom. The van der Waals surface area contributed by atoms with Crippen LogP contribution in [0, 0.1) is 29.6 Å². The van der Waals surface area contributed by atoms with Gasteiger partial charge in [0.25, 0.3) is 0 Å². The number of hydrogen-bond donors (Lipinski definition) is 4. The fraction of sp³-hybridized carbons (Fsp3) is 0.478. The van der Waals surface area contributed by atoms with E-state index in [1.165, 1.54) is 14.2 Å². The molecule has 4 fully saturated rings. The van der Waals surface area contributed by atoms with Crippen molar-refractivity contribution in [2.75, 3.05) is 40.6 Å². The van der Waals surface area contributed by atoms with E-state index in [0.717, 1.165) is 54.4 Å². The molecule has 65 heavy (non-hydrogen) atoms. The highest BCUT2D eigenvalue weighted by Gasteiger charge is 2.51. The lowest BCUT2D eigenvalue weighted by Crippen LogP contribution is -2.56. The first-order valence-corrected chi connectivity index (χ1v) is 23.9. The van der Waals surface area contributed by atoms with Gasteiger partial charge in [-0.1, -0.05) is 106 Å². The third-order valence-electron chi connectivity index (χ3n) is 13.2. The van der Waals surface area contributed by atoms with Gasteiger partial charge in [0.05, 0.1) is 49.5 Å². The van der Waals surface area contributed by atoms with Crippen molar-refractivity contribution in [1.82, 2.24) is 40.4 Å². The van der Waals surface area contributed by atoms with Crippen molar-refractivity contribution in [3.8, 4) is 45.5 Å². The lowest BCUT2D eigenvalue weighted by Gasteiger charge is -2.36. The molecule has 9 atom stereocenters. The fourth-order valence-electron chi connectivity index (χ4n) is 9.73. The van der Waals surface area contributed by atoms with E-state index in [4.69, 9.17) is 52.1 Å². The second-order valence-corrected chi connectivity index (χ2v) is 19.2. The summed E-state index contributed by atoms with van der Waals surface area (Å²) < 4.78 is 21.0. The highest BCUT2D eigenvalue weighted by atomic mass is 127. The molecule has 16 nitrogen and oxygen atoms in total. The molecular weight excluding hydrogens is 990 g/mol. The number of likely N-dealkylation sites (tertiary alicyclic amines) is 2. The monoisotopic (exact) mass is 1040 g/mol. The maximum Gasteiger partial charge on any atom is 0.407 e. The Bertz CT molecular complexity index is 2480. The lowest BCUT2D eigenvalue weighted by molar-refractivity contribution is -0.139. The van der Waals surface area contributed by atoms with E-state index < -0.39 is 30.3 Å². The summed E-state index contributed by atoms with van der Waals surface area (Å²) in [5.74, 6) is 6.63. The molecule has 19 heteroatoms. The van der Waals surface area contributed by atoms with Crippen molar-refractivity contribution in [2.45, 2.75) is 79.2 Å². The quantitative estimate of drug-likeness (QED) is 0.0508. The number of fused-ring (bicyclic) bond motifs is 1. The number of carbonyl (C=O) groups excluding carboxylic acids is 4. The molecule has 4 aliphatic heterocycles. The summed E-state index contributed by atoms with van der Waals surface area (Å²) in [4.78, 5) is 73.3. The minimum Gasteiger partial charge on any atom is -0.453 e. The minimum atomic E-state index is -0.838. The van der Waals surface area contributed by atoms with Gasteiger partial charge in [0.2, 0.25) is 11.8 Å². The number of aromatic amines is 2. The molecule has 0 spiro atoms. The summed E-state index contributed by atoms with van der Waals surface area (Å²) in [5, 5.41) is 6.28. The van der Waals surface area contributed by atoms with Crippen molar-refractivity contribution in [2.24, 2.45) is 17.8 Å². The van der Waals surface area contributed by atoms with Crippen LogP contribution in [0.15, 0.2) is 48.5 Å². The molecule has 9 rings (SSSR count). The molecule has 0 radical (unpaired) electrons. The Morgan fingerprint density at radius 1 is 0.708 bits per heavy atom. The molecule has 1 aliphatic carbocycles. The van der Waals surface area contributed by atoms with Gasteiger partial charge in [0.15, 0.2) is 0 Å². The zero-order valence-electron chi connectivity index (χ0n) is 35.8. The summed E-state index contributed by atoms with van der Waals surface area (Å²) in [6.07, 6.45) is 3.75. The SMILES string of the molecule is COC(=O)N[C@@H](C(=O)N1[C@H](I)CC[C@H]1c1nc(-c2ccc(-c3ccc(-c4nc([C@@H]5C[C@H]6C#C[C@H]6N5C(=O)[C@H](NC(=O)OC)[C@H]5CCCOC5)[nH]c4Cl)cc3)cc2)c(Cl)[nH]1)[C@H]1CCCOC1. The second kappa shape index (κ2) is 19.5. The van der Waals surface area contributed by atoms with Gasteiger partial charge in [0.1, 0.15) is 51.5 Å². The van der Waals surface area contributed by atoms with Crippen LogP contribution in [0.2, 0.25) is 10.3 Å². The number of ether oxygens (including phenoxy) is 4. The summed E-state index contributed by atoms with van der Waals surface area (Å²) in [6, 6.07) is 13.1. The molecule has 6 heterocycles. The number of H-pyrrole nitrogens is 2. The van der Waals surface area contributed by atoms with E-state index in [0.29, 0.717) is 72.6 Å². The summed E-state index contributed by atoms with van der Waals surface area (Å²) in [7, 11) is 2.56. The van der Waals surface area contributed by atoms with Crippen LogP contribution in [0.3, 0.4) is 0 Å². The molecule has 0 unspecified atom stereocenters. The van der Waals surface area contributed by atoms with Gasteiger partial charge in [-0.3, -0.25) is 9.59 Å². The maximum absolute atomic E-state index is 14.3. The topological polar surface area (TPSA) is 193 Å². The molecule has 5 aliphatic rings. The van der Waals surface area contributed by atoms with Gasteiger partial charge in [-0.25, -0.2) is 19.6 Å². The number of hydrogen-bond acceptors (Lipinski definition) is 10. The Labute approximate surface area is 399 Å². The number of carbonyl (C=O) groups is 4. The Balaban J connectivity index is 0.896. The van der Waals surface area contributed by atoms with Crippen LogP contribution in [-0.4, -0.2) is 117 Å². The highest BCUT2D eigenvalue weighted by molar-refractivity contribution is 14.1. The van der Waals surface area contributed by atoms with Crippen LogP contribution >= 0.6 is 45.8 Å². The lowest BCUT2D eigenvalue weighted by atomic mass is 9.90. The summed E-state index contributed by atoms with van der Waals surface area (Å²) >= 11 is 15.9. The molecule has 4 N–H and O–H groups in total. The smallest absolute Gasteiger partial charge is 0.407 e. The molecular formula is C46H49Cl2IN8O8. The van der Waals surface area contributed by atoms with E-state index in [1.54, 1.807) is 9.80 Å². The largest absolute Gasteiger partial charge is 0.453 e. The Morgan fingerprint density at radius 2 is 1.18 bits per heavy atom. The van der Waals surface area contributed by atoms with Crippen LogP contribution in [0.1, 0.15) is 68.7 Å². The van der Waals surface area contributed by atoms with Gasteiger partial charge in [-0.05, 0) is 56.1 Å². The zero-order valence-corrected chi connectivity index (χ0v) is 39.5. The third kappa shape index (κ3) is 9.16. The minimum absolute atomic E-state index is 0.00971. The predicted molar refractivity (Wildman–Crippen MR) is 249 cm³/mol. The van der Waals surface area contributed by atoms with Crippen molar-refractivity contribution >= 4 is 69.8 Å². The molecule has 4 aromatic rings. The fourth-order valence-corrected chi connectivity index (χ4v) is 11.2. The van der Waals surface area contributed by atoms with Crippen LogP contribution in [-0.2, 0) is 28.5 Å². The van der Waals surface area contributed by atoms with Crippen LogP contribution in [0.25, 0.3) is 33.6 Å². The maximum atomic E-state index is 14.3. The van der Waals surface area contributed by atoms with Crippen LogP contribution in [0.4, 0.5) is 9.59 Å². The number of benzene rings is 2. The predicted octanol–water partition coefficient (Wildman–Crippen LogP) is 7.44. The summed E-state index contributed by atoms with van der Waals surface area (Å²) in [5.41, 5.74) is 4.65. The first-order chi connectivity index (χ1) is 31.5. The van der Waals surface area contributed by atoms with Crippen molar-refractivity contribution in [1.29, 1.82) is 0 Å². The van der Waals surface area contributed by atoms with Crippen LogP contribution < -0.4 is 10.6 Å². The van der Waals surface area contributed by atoms with E-state index in [-0.39, 0.29) is 45.7 Å². The van der Waals surface area contributed by atoms with Gasteiger partial charge in [0, 0.05) is 36.2 Å². The Hall–Kier alpha value is -4.87. The first-order valence-electron chi connectivity index (χ1n) is 21.9. The number of halogens is 3. The molecule has 0 saturated carbocycles. The average Bonchev–Trinajstić information content (AvgIpc) is 4.09. The number of alkyl halides is 1. The van der Waals surface area contributed by atoms with Crippen LogP contribution in [0.5, 0.6) is 0 Å². The number of amides is 4. The molecule has 4 amide bonds. The second-order valence-electron chi connectivity index (χ2n) is 17.0. The van der Waals surface area contributed by atoms with Gasteiger partial charge in [-0.2, -0.15) is 0 Å². The van der Waals surface area contributed by atoms with E-state index >= 15 is 0 Å². The van der Waals surface area contributed by atoms with Gasteiger partial charge in [-0.15, -0.1) is 0 Å². The number of alkyl carbamates (subject to hydrolysis) is 2. The molecule has 4 saturated heterocycles. The number of nitrogens with one attached hydrogen (secondary N) is 4. The molecule has 0 bridgehead atoms. The first kappa shape index (κ1) is 45.3. The van der Waals surface area contributed by atoms with Crippen molar-refractivity contribution in [3.63, 3.8) is 0 Å². The number of methoxy groups -OCH3 is 2. The number of imidazole rings is 2. The Kier molecular flexibility index (Phi) is 13.6. The number of nitrogens with zero attached hydrogens (tertiary/aromatic N) is 4. The zero-order chi connectivity index (χ0) is 45.4. The van der Waals surface area contributed by atoms with Gasteiger partial charge < -0.3 is 49.3 Å².